The van der Waals surface area contributed by atoms with Crippen molar-refractivity contribution in [3.05, 3.63) is 52.5 Å². The first-order chi connectivity index (χ1) is 13.6. The maximum Gasteiger partial charge on any atom is 0.243 e. The van der Waals surface area contributed by atoms with Gasteiger partial charge in [0.15, 0.2) is 0 Å². The smallest absolute Gasteiger partial charge is 0.243 e. The van der Waals surface area contributed by atoms with E-state index in [2.05, 4.69) is 5.32 Å². The predicted molar refractivity (Wildman–Crippen MR) is 115 cm³/mol. The van der Waals surface area contributed by atoms with E-state index in [1.165, 1.54) is 25.1 Å². The van der Waals surface area contributed by atoms with Crippen molar-refractivity contribution >= 4 is 44.8 Å². The number of benzene rings is 2. The van der Waals surface area contributed by atoms with Crippen molar-refractivity contribution in [1.29, 1.82) is 0 Å². The Balaban J connectivity index is 2.01. The number of halogens is 2. The number of amides is 1. The van der Waals surface area contributed by atoms with Crippen molar-refractivity contribution in [3.8, 4) is 11.5 Å². The Labute approximate surface area is 180 Å². The lowest BCUT2D eigenvalue weighted by atomic mass is 10.2. The molecule has 0 radical (unpaired) electrons. The summed E-state index contributed by atoms with van der Waals surface area (Å²) in [4.78, 5) is 12.5. The lowest BCUT2D eigenvalue weighted by Gasteiger charge is -2.29. The number of sulfonamides is 1. The van der Waals surface area contributed by atoms with Crippen LogP contribution in [-0.2, 0) is 14.8 Å². The van der Waals surface area contributed by atoms with Gasteiger partial charge in [-0.25, -0.2) is 8.42 Å². The zero-order valence-corrected chi connectivity index (χ0v) is 18.5. The molecule has 0 aromatic heterocycles. The Morgan fingerprint density at radius 3 is 2.34 bits per heavy atom. The molecule has 2 aromatic rings. The quantitative estimate of drug-likeness (QED) is 0.579. The van der Waals surface area contributed by atoms with Crippen molar-refractivity contribution in [2.24, 2.45) is 0 Å². The second-order valence-corrected chi connectivity index (χ2v) is 8.85. The van der Waals surface area contributed by atoms with Gasteiger partial charge in [0.1, 0.15) is 24.1 Å². The SMILES string of the molecule is COc1ccc(OCCNC(=O)C(C)N(c2cc(Cl)ccc2Cl)S(C)(=O)=O)cc1. The van der Waals surface area contributed by atoms with Gasteiger partial charge in [-0.05, 0) is 49.4 Å². The lowest BCUT2D eigenvalue weighted by molar-refractivity contribution is -0.121. The first-order valence-corrected chi connectivity index (χ1v) is 11.2. The van der Waals surface area contributed by atoms with Crippen LogP contribution in [0.2, 0.25) is 10.0 Å². The molecule has 29 heavy (non-hydrogen) atoms. The highest BCUT2D eigenvalue weighted by Crippen LogP contribution is 2.32. The predicted octanol–water partition coefficient (Wildman–Crippen LogP) is 3.35. The topological polar surface area (TPSA) is 84.9 Å². The van der Waals surface area contributed by atoms with Gasteiger partial charge in [-0.3, -0.25) is 9.10 Å². The van der Waals surface area contributed by atoms with E-state index in [0.717, 1.165) is 10.6 Å². The van der Waals surface area contributed by atoms with E-state index in [-0.39, 0.29) is 23.9 Å². The molecule has 0 saturated heterocycles. The second-order valence-electron chi connectivity index (χ2n) is 6.15. The number of rotatable bonds is 9. The zero-order chi connectivity index (χ0) is 21.6. The standard InChI is InChI=1S/C19H22Cl2N2O5S/c1-13(23(29(3,25)26)18-12-14(20)4-9-17(18)21)19(24)22-10-11-28-16-7-5-15(27-2)6-8-16/h4-9,12-13H,10-11H2,1-3H3,(H,22,24). The highest BCUT2D eigenvalue weighted by molar-refractivity contribution is 7.92. The van der Waals surface area contributed by atoms with Crippen LogP contribution in [0.5, 0.6) is 11.5 Å². The third-order valence-electron chi connectivity index (χ3n) is 3.96. The molecule has 2 aromatic carbocycles. The Morgan fingerprint density at radius 1 is 1.14 bits per heavy atom. The molecule has 0 heterocycles. The molecule has 10 heteroatoms. The van der Waals surface area contributed by atoms with Gasteiger partial charge < -0.3 is 14.8 Å². The van der Waals surface area contributed by atoms with Gasteiger partial charge in [0, 0.05) is 5.02 Å². The molecule has 0 spiro atoms. The van der Waals surface area contributed by atoms with E-state index in [0.29, 0.717) is 16.5 Å². The van der Waals surface area contributed by atoms with E-state index in [9.17, 15) is 13.2 Å². The van der Waals surface area contributed by atoms with Gasteiger partial charge in [-0.15, -0.1) is 0 Å². The summed E-state index contributed by atoms with van der Waals surface area (Å²) in [6.07, 6.45) is 1.00. The monoisotopic (exact) mass is 460 g/mol. The molecule has 158 valence electrons. The summed E-state index contributed by atoms with van der Waals surface area (Å²) in [5, 5.41) is 3.13. The maximum atomic E-state index is 12.5. The minimum atomic E-state index is -3.80. The first-order valence-electron chi connectivity index (χ1n) is 8.62. The fourth-order valence-electron chi connectivity index (χ4n) is 2.60. The van der Waals surface area contributed by atoms with E-state index in [1.54, 1.807) is 31.4 Å². The van der Waals surface area contributed by atoms with Crippen LogP contribution in [0, 0.1) is 0 Å². The number of ether oxygens (including phenoxy) is 2. The molecular weight excluding hydrogens is 439 g/mol. The van der Waals surface area contributed by atoms with E-state index in [4.69, 9.17) is 32.7 Å². The highest BCUT2D eigenvalue weighted by atomic mass is 35.5. The summed E-state index contributed by atoms with van der Waals surface area (Å²) < 4.78 is 36.2. The molecule has 0 saturated carbocycles. The maximum absolute atomic E-state index is 12.5. The molecule has 2 rings (SSSR count). The van der Waals surface area contributed by atoms with Crippen LogP contribution in [0.3, 0.4) is 0 Å². The van der Waals surface area contributed by atoms with Gasteiger partial charge >= 0.3 is 0 Å². The fourth-order valence-corrected chi connectivity index (χ4v) is 4.20. The van der Waals surface area contributed by atoms with E-state index < -0.39 is 22.0 Å². The molecule has 0 bridgehead atoms. The van der Waals surface area contributed by atoms with Gasteiger partial charge in [0.05, 0.1) is 30.6 Å². The molecule has 0 aliphatic rings. The summed E-state index contributed by atoms with van der Waals surface area (Å²) in [6, 6.07) is 10.4. The normalized spacial score (nSPS) is 12.2. The molecule has 0 fully saturated rings. The van der Waals surface area contributed by atoms with E-state index in [1.807, 2.05) is 0 Å². The highest BCUT2D eigenvalue weighted by Gasteiger charge is 2.30. The minimum Gasteiger partial charge on any atom is -0.497 e. The third-order valence-corrected chi connectivity index (χ3v) is 5.75. The number of methoxy groups -OCH3 is 1. The lowest BCUT2D eigenvalue weighted by Crippen LogP contribution is -2.48. The average Bonchev–Trinajstić information content (AvgIpc) is 2.67. The Morgan fingerprint density at radius 2 is 1.76 bits per heavy atom. The number of hydrogen-bond acceptors (Lipinski definition) is 5. The van der Waals surface area contributed by atoms with Crippen LogP contribution in [0.25, 0.3) is 0 Å². The van der Waals surface area contributed by atoms with Gasteiger partial charge in [-0.1, -0.05) is 23.2 Å². The fraction of sp³-hybridized carbons (Fsp3) is 0.316. The van der Waals surface area contributed by atoms with Crippen LogP contribution in [0.1, 0.15) is 6.92 Å². The summed E-state index contributed by atoms with van der Waals surface area (Å²) in [7, 11) is -2.22. The molecule has 7 nitrogen and oxygen atoms in total. The number of carbonyl (C=O) groups is 1. The molecule has 1 N–H and O–H groups in total. The van der Waals surface area contributed by atoms with Crippen molar-refractivity contribution in [2.45, 2.75) is 13.0 Å². The van der Waals surface area contributed by atoms with Crippen LogP contribution in [0.15, 0.2) is 42.5 Å². The first kappa shape index (κ1) is 23.1. The second kappa shape index (κ2) is 10.0. The number of carbonyl (C=O) groups excluding carboxylic acids is 1. The van der Waals surface area contributed by atoms with Gasteiger partial charge in [0.25, 0.3) is 0 Å². The summed E-state index contributed by atoms with van der Waals surface area (Å²) in [5.41, 5.74) is 0.138. The number of nitrogens with zero attached hydrogens (tertiary/aromatic N) is 1. The third kappa shape index (κ3) is 6.42. The molecule has 1 atom stereocenters. The van der Waals surface area contributed by atoms with Crippen LogP contribution >= 0.6 is 23.2 Å². The average molecular weight is 461 g/mol. The largest absolute Gasteiger partial charge is 0.497 e. The minimum absolute atomic E-state index is 0.138. The molecule has 0 aliphatic carbocycles. The van der Waals surface area contributed by atoms with Crippen molar-refractivity contribution < 1.29 is 22.7 Å². The van der Waals surface area contributed by atoms with Gasteiger partial charge in [0.2, 0.25) is 15.9 Å². The Hall–Kier alpha value is -2.16. The van der Waals surface area contributed by atoms with E-state index >= 15 is 0 Å². The molecule has 1 unspecified atom stereocenters. The van der Waals surface area contributed by atoms with Crippen LogP contribution < -0.4 is 19.1 Å². The van der Waals surface area contributed by atoms with Crippen molar-refractivity contribution in [3.63, 3.8) is 0 Å². The molecule has 1 amide bonds. The Kier molecular flexibility index (Phi) is 8.01. The summed E-state index contributed by atoms with van der Waals surface area (Å²) in [6.45, 7) is 1.87. The zero-order valence-electron chi connectivity index (χ0n) is 16.2. The summed E-state index contributed by atoms with van der Waals surface area (Å²) >= 11 is 12.1. The number of hydrogen-bond donors (Lipinski definition) is 1. The molecular formula is C19H22Cl2N2O5S. The Bertz CT molecular complexity index is 952. The van der Waals surface area contributed by atoms with Crippen molar-refractivity contribution in [1.82, 2.24) is 5.32 Å². The van der Waals surface area contributed by atoms with Crippen LogP contribution in [-0.4, -0.2) is 46.9 Å². The van der Waals surface area contributed by atoms with Gasteiger partial charge in [-0.2, -0.15) is 0 Å². The summed E-state index contributed by atoms with van der Waals surface area (Å²) in [5.74, 6) is 0.835. The number of anilines is 1. The molecule has 0 aliphatic heterocycles. The number of nitrogens with one attached hydrogen (secondary N) is 1. The van der Waals surface area contributed by atoms with Crippen molar-refractivity contribution in [2.75, 3.05) is 30.8 Å². The van der Waals surface area contributed by atoms with Crippen LogP contribution in [0.4, 0.5) is 5.69 Å².